The van der Waals surface area contributed by atoms with Crippen LogP contribution in [0.25, 0.3) is 0 Å². The highest BCUT2D eigenvalue weighted by Gasteiger charge is 2.18. The second-order valence-electron chi connectivity index (χ2n) is 3.96. The fourth-order valence-corrected chi connectivity index (χ4v) is 1.28. The molecule has 0 aliphatic carbocycles. The summed E-state index contributed by atoms with van der Waals surface area (Å²) in [7, 11) is 0. The number of halogens is 1. The molecule has 2 nitrogen and oxygen atoms in total. The molecule has 0 saturated heterocycles. The molecule has 1 rings (SSSR count). The molecule has 0 aliphatic rings. The van der Waals surface area contributed by atoms with Gasteiger partial charge in [0.1, 0.15) is 11.9 Å². The van der Waals surface area contributed by atoms with Gasteiger partial charge in [-0.3, -0.25) is 4.79 Å². The van der Waals surface area contributed by atoms with E-state index in [1.54, 1.807) is 26.0 Å². The van der Waals surface area contributed by atoms with Gasteiger partial charge in [-0.2, -0.15) is 0 Å². The molecule has 0 aliphatic heterocycles. The summed E-state index contributed by atoms with van der Waals surface area (Å²) in [5.41, 5.74) is 0.723. The molecule has 3 heteroatoms. The van der Waals surface area contributed by atoms with Gasteiger partial charge in [0.05, 0.1) is 0 Å². The van der Waals surface area contributed by atoms with Crippen molar-refractivity contribution in [3.05, 3.63) is 35.6 Å². The van der Waals surface area contributed by atoms with Gasteiger partial charge in [0.2, 0.25) is 0 Å². The van der Waals surface area contributed by atoms with Gasteiger partial charge in [0, 0.05) is 6.42 Å². The first-order chi connectivity index (χ1) is 7.00. The molecular weight excluding hydrogens is 195 g/mol. The molecule has 0 spiro atoms. The lowest BCUT2D eigenvalue weighted by atomic mass is 9.98. The maximum atomic E-state index is 12.6. The first-order valence-electron chi connectivity index (χ1n) is 4.96. The van der Waals surface area contributed by atoms with Crippen LogP contribution in [0.15, 0.2) is 24.3 Å². The minimum absolute atomic E-state index is 0.0852. The van der Waals surface area contributed by atoms with E-state index in [1.807, 2.05) is 0 Å². The van der Waals surface area contributed by atoms with Gasteiger partial charge in [-0.15, -0.1) is 0 Å². The van der Waals surface area contributed by atoms with Gasteiger partial charge < -0.3 is 5.11 Å². The van der Waals surface area contributed by atoms with E-state index < -0.39 is 6.10 Å². The Balaban J connectivity index is 2.62. The van der Waals surface area contributed by atoms with Crippen LogP contribution in [0.1, 0.15) is 19.4 Å². The molecule has 1 unspecified atom stereocenters. The highest BCUT2D eigenvalue weighted by molar-refractivity contribution is 5.85. The largest absolute Gasteiger partial charge is 0.385 e. The SMILES string of the molecule is CC(C)C(O)C(=O)Cc1ccc(F)cc1. The topological polar surface area (TPSA) is 37.3 Å². The van der Waals surface area contributed by atoms with E-state index in [0.29, 0.717) is 0 Å². The zero-order valence-corrected chi connectivity index (χ0v) is 8.90. The van der Waals surface area contributed by atoms with Crippen molar-refractivity contribution in [2.75, 3.05) is 0 Å². The average molecular weight is 210 g/mol. The second-order valence-corrected chi connectivity index (χ2v) is 3.96. The summed E-state index contributed by atoms with van der Waals surface area (Å²) in [4.78, 5) is 11.5. The normalized spacial score (nSPS) is 12.9. The van der Waals surface area contributed by atoms with Crippen LogP contribution < -0.4 is 0 Å². The molecule has 82 valence electrons. The molecule has 0 aromatic heterocycles. The molecule has 1 aromatic carbocycles. The zero-order valence-electron chi connectivity index (χ0n) is 8.90. The zero-order chi connectivity index (χ0) is 11.4. The first-order valence-corrected chi connectivity index (χ1v) is 4.96. The first kappa shape index (κ1) is 11.9. The summed E-state index contributed by atoms with van der Waals surface area (Å²) < 4.78 is 12.6. The molecule has 15 heavy (non-hydrogen) atoms. The van der Waals surface area contributed by atoms with E-state index in [2.05, 4.69) is 0 Å². The second kappa shape index (κ2) is 5.03. The lowest BCUT2D eigenvalue weighted by molar-refractivity contribution is -0.128. The van der Waals surface area contributed by atoms with Crippen molar-refractivity contribution in [3.63, 3.8) is 0 Å². The van der Waals surface area contributed by atoms with Crippen LogP contribution in [0.3, 0.4) is 0 Å². The number of aliphatic hydroxyl groups is 1. The van der Waals surface area contributed by atoms with Crippen molar-refractivity contribution in [2.45, 2.75) is 26.4 Å². The van der Waals surface area contributed by atoms with Crippen molar-refractivity contribution in [1.29, 1.82) is 0 Å². The summed E-state index contributed by atoms with van der Waals surface area (Å²) in [6.07, 6.45) is -0.783. The van der Waals surface area contributed by atoms with Crippen LogP contribution in [0.4, 0.5) is 4.39 Å². The fourth-order valence-electron chi connectivity index (χ4n) is 1.28. The Morgan fingerprint density at radius 2 is 1.87 bits per heavy atom. The maximum Gasteiger partial charge on any atom is 0.165 e. The number of hydrogen-bond donors (Lipinski definition) is 1. The minimum atomic E-state index is -0.935. The molecule has 0 fully saturated rings. The average Bonchev–Trinajstić information content (AvgIpc) is 2.20. The predicted octanol–water partition coefficient (Wildman–Crippen LogP) is 1.95. The summed E-state index contributed by atoms with van der Waals surface area (Å²) in [5.74, 6) is -0.634. The van der Waals surface area contributed by atoms with Crippen LogP contribution >= 0.6 is 0 Å². The number of carbonyl (C=O) groups excluding carboxylic acids is 1. The molecule has 1 atom stereocenters. The van der Waals surface area contributed by atoms with E-state index in [9.17, 15) is 14.3 Å². The number of rotatable bonds is 4. The van der Waals surface area contributed by atoms with Crippen LogP contribution in [-0.4, -0.2) is 17.0 Å². The summed E-state index contributed by atoms with van der Waals surface area (Å²) >= 11 is 0. The molecule has 0 radical (unpaired) electrons. The number of ketones is 1. The Bertz CT molecular complexity index is 330. The van der Waals surface area contributed by atoms with E-state index in [0.717, 1.165) is 5.56 Å². The van der Waals surface area contributed by atoms with E-state index >= 15 is 0 Å². The predicted molar refractivity (Wildman–Crippen MR) is 56.0 cm³/mol. The molecule has 1 N–H and O–H groups in total. The van der Waals surface area contributed by atoms with Crippen LogP contribution in [0.5, 0.6) is 0 Å². The third-order valence-electron chi connectivity index (χ3n) is 2.25. The van der Waals surface area contributed by atoms with E-state index in [-0.39, 0.29) is 23.9 Å². The summed E-state index contributed by atoms with van der Waals surface area (Å²) in [6, 6.07) is 5.73. The van der Waals surface area contributed by atoms with Crippen LogP contribution in [0, 0.1) is 11.7 Å². The fraction of sp³-hybridized carbons (Fsp3) is 0.417. The quantitative estimate of drug-likeness (QED) is 0.824. The molecular formula is C12H15FO2. The summed E-state index contributed by atoms with van der Waals surface area (Å²) in [5, 5.41) is 9.49. The van der Waals surface area contributed by atoms with Crippen molar-refractivity contribution in [3.8, 4) is 0 Å². The van der Waals surface area contributed by atoms with Crippen molar-refractivity contribution >= 4 is 5.78 Å². The van der Waals surface area contributed by atoms with E-state index in [1.165, 1.54) is 12.1 Å². The third-order valence-corrected chi connectivity index (χ3v) is 2.25. The Kier molecular flexibility index (Phi) is 3.97. The number of hydrogen-bond acceptors (Lipinski definition) is 2. The monoisotopic (exact) mass is 210 g/mol. The molecule has 0 bridgehead atoms. The highest BCUT2D eigenvalue weighted by atomic mass is 19.1. The molecule has 0 amide bonds. The minimum Gasteiger partial charge on any atom is -0.385 e. The lowest BCUT2D eigenvalue weighted by Gasteiger charge is -2.12. The maximum absolute atomic E-state index is 12.6. The molecule has 0 saturated carbocycles. The Hall–Kier alpha value is -1.22. The van der Waals surface area contributed by atoms with Gasteiger partial charge >= 0.3 is 0 Å². The van der Waals surface area contributed by atoms with Crippen molar-refractivity contribution in [2.24, 2.45) is 5.92 Å². The molecule has 1 aromatic rings. The number of benzene rings is 1. The van der Waals surface area contributed by atoms with Crippen LogP contribution in [-0.2, 0) is 11.2 Å². The van der Waals surface area contributed by atoms with Crippen LogP contribution in [0.2, 0.25) is 0 Å². The Labute approximate surface area is 88.7 Å². The third kappa shape index (κ3) is 3.44. The lowest BCUT2D eigenvalue weighted by Crippen LogP contribution is -2.27. The number of carbonyl (C=O) groups is 1. The number of aliphatic hydroxyl groups excluding tert-OH is 1. The van der Waals surface area contributed by atoms with Gasteiger partial charge in [0.25, 0.3) is 0 Å². The van der Waals surface area contributed by atoms with Gasteiger partial charge in [-0.25, -0.2) is 4.39 Å². The Morgan fingerprint density at radius 3 is 2.33 bits per heavy atom. The highest BCUT2D eigenvalue weighted by Crippen LogP contribution is 2.09. The number of Topliss-reactive ketones (excluding diaryl/α,β-unsaturated/α-hetero) is 1. The summed E-state index contributed by atoms with van der Waals surface area (Å²) in [6.45, 7) is 3.57. The van der Waals surface area contributed by atoms with Gasteiger partial charge in [-0.05, 0) is 23.6 Å². The Morgan fingerprint density at radius 1 is 1.33 bits per heavy atom. The standard InChI is InChI=1S/C12H15FO2/c1-8(2)12(15)11(14)7-9-3-5-10(13)6-4-9/h3-6,8,12,15H,7H2,1-2H3. The van der Waals surface area contributed by atoms with Crippen molar-refractivity contribution in [1.82, 2.24) is 0 Å². The molecule has 0 heterocycles. The van der Waals surface area contributed by atoms with Crippen molar-refractivity contribution < 1.29 is 14.3 Å². The van der Waals surface area contributed by atoms with E-state index in [4.69, 9.17) is 0 Å². The van der Waals surface area contributed by atoms with Gasteiger partial charge in [-0.1, -0.05) is 26.0 Å². The smallest absolute Gasteiger partial charge is 0.165 e. The van der Waals surface area contributed by atoms with Gasteiger partial charge in [0.15, 0.2) is 5.78 Å².